The van der Waals surface area contributed by atoms with E-state index in [1.807, 2.05) is 13.0 Å². The predicted molar refractivity (Wildman–Crippen MR) is 67.4 cm³/mol. The van der Waals surface area contributed by atoms with Crippen LogP contribution in [0.3, 0.4) is 0 Å². The maximum Gasteiger partial charge on any atom is 0.103 e. The molecule has 16 heavy (non-hydrogen) atoms. The Hall–Kier alpha value is -0.420. The summed E-state index contributed by atoms with van der Waals surface area (Å²) < 4.78 is 0. The van der Waals surface area contributed by atoms with Gasteiger partial charge < -0.3 is 10.8 Å². The highest BCUT2D eigenvalue weighted by Crippen LogP contribution is 2.26. The molecule has 0 aliphatic carbocycles. The van der Waals surface area contributed by atoms with Crippen LogP contribution in [0, 0.1) is 0 Å². The van der Waals surface area contributed by atoms with Crippen LogP contribution in [0.2, 0.25) is 0 Å². The fourth-order valence-electron chi connectivity index (χ4n) is 2.06. The summed E-state index contributed by atoms with van der Waals surface area (Å²) in [4.78, 5) is 4.79. The molecule has 0 spiro atoms. The molecular formula is C12H20N2OS. The lowest BCUT2D eigenvalue weighted by Crippen LogP contribution is -2.23. The molecule has 2 unspecified atom stereocenters. The summed E-state index contributed by atoms with van der Waals surface area (Å²) in [7, 11) is 0. The molecule has 1 saturated heterocycles. The minimum absolute atomic E-state index is 0.196. The zero-order valence-corrected chi connectivity index (χ0v) is 10.5. The average Bonchev–Trinajstić information content (AvgIpc) is 2.88. The first-order chi connectivity index (χ1) is 7.66. The second-order valence-corrected chi connectivity index (χ2v) is 5.79. The number of likely N-dealkylation sites (tertiary alicyclic amines) is 1. The van der Waals surface area contributed by atoms with Gasteiger partial charge in [0.2, 0.25) is 0 Å². The van der Waals surface area contributed by atoms with Gasteiger partial charge in [-0.05, 0) is 45.0 Å². The van der Waals surface area contributed by atoms with Crippen molar-refractivity contribution in [3.05, 3.63) is 21.9 Å². The van der Waals surface area contributed by atoms with Crippen molar-refractivity contribution in [2.24, 2.45) is 5.73 Å². The number of aliphatic hydroxyl groups excluding tert-OH is 1. The Morgan fingerprint density at radius 2 is 2.12 bits per heavy atom. The zero-order valence-electron chi connectivity index (χ0n) is 9.72. The molecule has 0 aromatic carbocycles. The molecule has 1 fully saturated rings. The lowest BCUT2D eigenvalue weighted by molar-refractivity contribution is 0.157. The lowest BCUT2D eigenvalue weighted by Gasteiger charge is -2.13. The summed E-state index contributed by atoms with van der Waals surface area (Å²) in [5.41, 5.74) is 5.69. The fraction of sp³-hybridized carbons (Fsp3) is 0.667. The van der Waals surface area contributed by atoms with Gasteiger partial charge in [-0.25, -0.2) is 0 Å². The summed E-state index contributed by atoms with van der Waals surface area (Å²) in [5, 5.41) is 9.84. The first-order valence-electron chi connectivity index (χ1n) is 5.91. The van der Waals surface area contributed by atoms with Gasteiger partial charge in [-0.15, -0.1) is 11.3 Å². The Labute approximate surface area is 101 Å². The molecule has 0 bridgehead atoms. The minimum Gasteiger partial charge on any atom is -0.386 e. The monoisotopic (exact) mass is 240 g/mol. The quantitative estimate of drug-likeness (QED) is 0.842. The van der Waals surface area contributed by atoms with Crippen LogP contribution in [-0.2, 0) is 6.54 Å². The summed E-state index contributed by atoms with van der Waals surface area (Å²) in [6.07, 6.45) is 2.12. The van der Waals surface area contributed by atoms with E-state index in [4.69, 9.17) is 5.73 Å². The van der Waals surface area contributed by atoms with Gasteiger partial charge in [0.25, 0.3) is 0 Å². The highest BCUT2D eigenvalue weighted by atomic mass is 32.1. The summed E-state index contributed by atoms with van der Waals surface area (Å²) in [6, 6.07) is 3.92. The first kappa shape index (κ1) is 12.0. The molecule has 1 aliphatic heterocycles. The van der Waals surface area contributed by atoms with Crippen LogP contribution in [0.4, 0.5) is 0 Å². The van der Waals surface area contributed by atoms with E-state index in [9.17, 15) is 5.11 Å². The van der Waals surface area contributed by atoms with E-state index in [-0.39, 0.29) is 6.04 Å². The number of rotatable bonds is 4. The topological polar surface area (TPSA) is 49.5 Å². The smallest absolute Gasteiger partial charge is 0.103 e. The van der Waals surface area contributed by atoms with Gasteiger partial charge in [-0.2, -0.15) is 0 Å². The molecule has 4 heteroatoms. The van der Waals surface area contributed by atoms with Crippen molar-refractivity contribution < 1.29 is 5.11 Å². The third kappa shape index (κ3) is 2.83. The number of hydrogen-bond donors (Lipinski definition) is 2. The van der Waals surface area contributed by atoms with E-state index in [0.717, 1.165) is 11.4 Å². The van der Waals surface area contributed by atoms with Gasteiger partial charge in [0.1, 0.15) is 6.10 Å². The Bertz CT molecular complexity index is 332. The molecule has 0 amide bonds. The number of thiophene rings is 1. The van der Waals surface area contributed by atoms with Gasteiger partial charge in [0.15, 0.2) is 0 Å². The Balaban J connectivity index is 1.96. The summed E-state index contributed by atoms with van der Waals surface area (Å²) in [6.45, 7) is 5.28. The Morgan fingerprint density at radius 3 is 2.75 bits per heavy atom. The predicted octanol–water partition coefficient (Wildman–Crippen LogP) is 1.72. The van der Waals surface area contributed by atoms with Crippen LogP contribution in [0.25, 0.3) is 0 Å². The molecule has 0 saturated carbocycles. The molecular weight excluding hydrogens is 220 g/mol. The Kier molecular flexibility index (Phi) is 3.97. The van der Waals surface area contributed by atoms with Crippen molar-refractivity contribution >= 4 is 11.3 Å². The standard InChI is InChI=1S/C12H20N2OS/c1-9(13)12(15)11-5-4-10(16-11)8-14-6-2-3-7-14/h4-5,9,12,15H,2-3,6-8,13H2,1H3. The molecule has 1 aromatic rings. The van der Waals surface area contributed by atoms with Crippen molar-refractivity contribution in [3.63, 3.8) is 0 Å². The molecule has 90 valence electrons. The van der Waals surface area contributed by atoms with E-state index in [1.165, 1.54) is 30.8 Å². The maximum atomic E-state index is 9.84. The van der Waals surface area contributed by atoms with Crippen molar-refractivity contribution in [2.75, 3.05) is 13.1 Å². The second-order valence-electron chi connectivity index (χ2n) is 4.59. The SMILES string of the molecule is CC(N)C(O)c1ccc(CN2CCCC2)s1. The molecule has 3 N–H and O–H groups in total. The highest BCUT2D eigenvalue weighted by molar-refractivity contribution is 7.12. The molecule has 3 nitrogen and oxygen atoms in total. The molecule has 1 aromatic heterocycles. The van der Waals surface area contributed by atoms with Crippen molar-refractivity contribution in [3.8, 4) is 0 Å². The Morgan fingerprint density at radius 1 is 1.44 bits per heavy atom. The minimum atomic E-state index is -0.516. The summed E-state index contributed by atoms with van der Waals surface area (Å²) >= 11 is 1.68. The van der Waals surface area contributed by atoms with Crippen molar-refractivity contribution in [1.82, 2.24) is 4.90 Å². The van der Waals surface area contributed by atoms with Crippen molar-refractivity contribution in [2.45, 2.75) is 38.5 Å². The lowest BCUT2D eigenvalue weighted by atomic mass is 10.2. The van der Waals surface area contributed by atoms with E-state index < -0.39 is 6.10 Å². The van der Waals surface area contributed by atoms with Gasteiger partial charge >= 0.3 is 0 Å². The average molecular weight is 240 g/mol. The third-order valence-electron chi connectivity index (χ3n) is 3.05. The number of nitrogens with zero attached hydrogens (tertiary/aromatic N) is 1. The number of aliphatic hydroxyl groups is 1. The van der Waals surface area contributed by atoms with Crippen LogP contribution in [-0.4, -0.2) is 29.1 Å². The molecule has 2 heterocycles. The van der Waals surface area contributed by atoms with Crippen molar-refractivity contribution in [1.29, 1.82) is 0 Å². The van der Waals surface area contributed by atoms with Crippen LogP contribution >= 0.6 is 11.3 Å². The van der Waals surface area contributed by atoms with Crippen LogP contribution in [0.5, 0.6) is 0 Å². The first-order valence-corrected chi connectivity index (χ1v) is 6.73. The van der Waals surface area contributed by atoms with E-state index in [1.54, 1.807) is 11.3 Å². The normalized spacial score (nSPS) is 21.2. The van der Waals surface area contributed by atoms with Crippen LogP contribution < -0.4 is 5.73 Å². The van der Waals surface area contributed by atoms with Gasteiger partial charge in [0, 0.05) is 22.3 Å². The number of hydrogen-bond acceptors (Lipinski definition) is 4. The fourth-order valence-corrected chi connectivity index (χ4v) is 3.22. The van der Waals surface area contributed by atoms with Gasteiger partial charge in [-0.1, -0.05) is 0 Å². The van der Waals surface area contributed by atoms with Gasteiger partial charge in [-0.3, -0.25) is 4.90 Å². The summed E-state index contributed by atoms with van der Waals surface area (Å²) in [5.74, 6) is 0. The second kappa shape index (κ2) is 5.27. The third-order valence-corrected chi connectivity index (χ3v) is 4.19. The van der Waals surface area contributed by atoms with Crippen LogP contribution in [0.15, 0.2) is 12.1 Å². The largest absolute Gasteiger partial charge is 0.386 e. The van der Waals surface area contributed by atoms with E-state index >= 15 is 0 Å². The highest BCUT2D eigenvalue weighted by Gasteiger charge is 2.17. The maximum absolute atomic E-state index is 9.84. The van der Waals surface area contributed by atoms with Crippen LogP contribution in [0.1, 0.15) is 35.6 Å². The zero-order chi connectivity index (χ0) is 11.5. The molecule has 2 atom stereocenters. The number of nitrogens with two attached hydrogens (primary N) is 1. The molecule has 1 aliphatic rings. The molecule has 0 radical (unpaired) electrons. The van der Waals surface area contributed by atoms with E-state index in [2.05, 4.69) is 11.0 Å². The molecule has 2 rings (SSSR count). The van der Waals surface area contributed by atoms with Gasteiger partial charge in [0.05, 0.1) is 0 Å². The van der Waals surface area contributed by atoms with E-state index in [0.29, 0.717) is 0 Å².